The van der Waals surface area contributed by atoms with E-state index in [0.717, 1.165) is 49.7 Å². The summed E-state index contributed by atoms with van der Waals surface area (Å²) >= 11 is 0. The summed E-state index contributed by atoms with van der Waals surface area (Å²) in [6, 6.07) is 20.4. The molecule has 5 heteroatoms. The van der Waals surface area contributed by atoms with E-state index in [1.165, 1.54) is 16.8 Å². The van der Waals surface area contributed by atoms with Crippen LogP contribution in [-0.2, 0) is 6.42 Å². The summed E-state index contributed by atoms with van der Waals surface area (Å²) in [5, 5.41) is 7.79. The number of likely N-dealkylation sites (tertiary alicyclic amines) is 1. The fraction of sp³-hybridized carbons (Fsp3) is 0.346. The number of aromatic amines is 1. The molecule has 2 heterocycles. The van der Waals surface area contributed by atoms with E-state index in [0.29, 0.717) is 12.5 Å². The molecule has 5 nitrogen and oxygen atoms in total. The molecule has 0 unspecified atom stereocenters. The Kier molecular flexibility index (Phi) is 7.05. The maximum Gasteiger partial charge on any atom is 0.123 e. The summed E-state index contributed by atoms with van der Waals surface area (Å²) in [7, 11) is 1.66. The van der Waals surface area contributed by atoms with Gasteiger partial charge in [0.05, 0.1) is 19.4 Å². The van der Waals surface area contributed by atoms with Gasteiger partial charge >= 0.3 is 0 Å². The van der Waals surface area contributed by atoms with Crippen LogP contribution in [0.15, 0.2) is 66.2 Å². The lowest BCUT2D eigenvalue weighted by Crippen LogP contribution is -2.22. The monoisotopic (exact) mass is 417 g/mol. The molecule has 1 fully saturated rings. The van der Waals surface area contributed by atoms with Crippen LogP contribution in [0.25, 0.3) is 6.08 Å². The third-order valence-electron chi connectivity index (χ3n) is 5.71. The van der Waals surface area contributed by atoms with Crippen LogP contribution in [0.2, 0.25) is 0 Å². The van der Waals surface area contributed by atoms with Crippen LogP contribution in [0, 0.1) is 0 Å². The Bertz CT molecular complexity index is 997. The zero-order valence-corrected chi connectivity index (χ0v) is 18.4. The first-order valence-corrected chi connectivity index (χ1v) is 11.0. The second kappa shape index (κ2) is 10.3. The van der Waals surface area contributed by atoms with Crippen molar-refractivity contribution in [1.82, 2.24) is 15.1 Å². The SMILES string of the molecule is COc1cccc(OCCc2cc([C@H]3CCN(C/C(C)=C/c4ccccc4)C3)n[nH]2)c1. The van der Waals surface area contributed by atoms with Gasteiger partial charge in [-0.3, -0.25) is 10.00 Å². The molecule has 1 aliphatic heterocycles. The van der Waals surface area contributed by atoms with Crippen molar-refractivity contribution < 1.29 is 9.47 Å². The highest BCUT2D eigenvalue weighted by atomic mass is 16.5. The highest BCUT2D eigenvalue weighted by Gasteiger charge is 2.25. The fourth-order valence-electron chi connectivity index (χ4n) is 4.14. The molecule has 3 aromatic rings. The number of H-pyrrole nitrogens is 1. The number of ether oxygens (including phenoxy) is 2. The molecule has 1 aliphatic rings. The Hall–Kier alpha value is -3.05. The van der Waals surface area contributed by atoms with E-state index in [1.807, 2.05) is 24.3 Å². The van der Waals surface area contributed by atoms with Gasteiger partial charge in [0.1, 0.15) is 11.5 Å². The third-order valence-corrected chi connectivity index (χ3v) is 5.71. The van der Waals surface area contributed by atoms with Crippen LogP contribution in [0.1, 0.15) is 36.2 Å². The quantitative estimate of drug-likeness (QED) is 0.536. The van der Waals surface area contributed by atoms with Gasteiger partial charge in [0, 0.05) is 37.2 Å². The van der Waals surface area contributed by atoms with Crippen LogP contribution < -0.4 is 9.47 Å². The van der Waals surface area contributed by atoms with Gasteiger partial charge in [0.2, 0.25) is 0 Å². The van der Waals surface area contributed by atoms with Crippen molar-refractivity contribution in [3.05, 3.63) is 83.2 Å². The highest BCUT2D eigenvalue weighted by molar-refractivity contribution is 5.52. The molecule has 1 saturated heterocycles. The Labute approximate surface area is 184 Å². The molecule has 0 amide bonds. The minimum Gasteiger partial charge on any atom is -0.497 e. The first-order chi connectivity index (χ1) is 15.2. The van der Waals surface area contributed by atoms with Crippen molar-refractivity contribution in [3.63, 3.8) is 0 Å². The normalized spacial score (nSPS) is 17.1. The van der Waals surface area contributed by atoms with Gasteiger partial charge in [-0.15, -0.1) is 0 Å². The zero-order chi connectivity index (χ0) is 21.5. The van der Waals surface area contributed by atoms with Gasteiger partial charge in [-0.25, -0.2) is 0 Å². The van der Waals surface area contributed by atoms with Gasteiger partial charge in [-0.2, -0.15) is 5.10 Å². The van der Waals surface area contributed by atoms with Crippen molar-refractivity contribution in [2.75, 3.05) is 33.4 Å². The first kappa shape index (κ1) is 21.2. The molecule has 1 N–H and O–H groups in total. The average Bonchev–Trinajstić information content (AvgIpc) is 3.44. The fourth-order valence-corrected chi connectivity index (χ4v) is 4.14. The predicted molar refractivity (Wildman–Crippen MR) is 125 cm³/mol. The molecule has 0 saturated carbocycles. The van der Waals surface area contributed by atoms with E-state index in [9.17, 15) is 0 Å². The van der Waals surface area contributed by atoms with Crippen LogP contribution in [0.3, 0.4) is 0 Å². The molecule has 31 heavy (non-hydrogen) atoms. The number of nitrogens with zero attached hydrogens (tertiary/aromatic N) is 2. The number of rotatable bonds is 9. The maximum absolute atomic E-state index is 5.85. The standard InChI is InChI=1S/C26H31N3O2/c1-20(15-21-7-4-3-5-8-21)18-29-13-11-22(19-29)26-16-23(27-28-26)12-14-31-25-10-6-9-24(17-25)30-2/h3-10,15-17,22H,11-14,18-19H2,1-2H3,(H,27,28)/b20-15+/t22-/m0/s1. The van der Waals surface area contributed by atoms with Crippen LogP contribution >= 0.6 is 0 Å². The topological polar surface area (TPSA) is 50.4 Å². The molecule has 0 spiro atoms. The van der Waals surface area contributed by atoms with E-state index in [2.05, 4.69) is 64.5 Å². The lowest BCUT2D eigenvalue weighted by molar-refractivity contribution is 0.317. The number of benzene rings is 2. The molecule has 0 bridgehead atoms. The minimum atomic E-state index is 0.494. The van der Waals surface area contributed by atoms with Gasteiger partial charge in [-0.05, 0) is 43.7 Å². The smallest absolute Gasteiger partial charge is 0.123 e. The Morgan fingerprint density at radius 2 is 1.97 bits per heavy atom. The third kappa shape index (κ3) is 5.98. The first-order valence-electron chi connectivity index (χ1n) is 11.0. The van der Waals surface area contributed by atoms with Gasteiger partial charge in [0.25, 0.3) is 0 Å². The number of methoxy groups -OCH3 is 1. The molecule has 0 aliphatic carbocycles. The predicted octanol–water partition coefficient (Wildman–Crippen LogP) is 4.93. The van der Waals surface area contributed by atoms with E-state index >= 15 is 0 Å². The number of hydrogen-bond acceptors (Lipinski definition) is 4. The molecule has 2 aromatic carbocycles. The van der Waals surface area contributed by atoms with E-state index in [4.69, 9.17) is 9.47 Å². The van der Waals surface area contributed by atoms with Gasteiger partial charge < -0.3 is 9.47 Å². The Morgan fingerprint density at radius 1 is 1.13 bits per heavy atom. The molecule has 0 radical (unpaired) electrons. The van der Waals surface area contributed by atoms with Crippen molar-refractivity contribution in [2.45, 2.75) is 25.7 Å². The largest absolute Gasteiger partial charge is 0.497 e. The van der Waals surface area contributed by atoms with E-state index in [-0.39, 0.29) is 0 Å². The Balaban J connectivity index is 1.25. The summed E-state index contributed by atoms with van der Waals surface area (Å²) < 4.78 is 11.1. The van der Waals surface area contributed by atoms with E-state index in [1.54, 1.807) is 7.11 Å². The maximum atomic E-state index is 5.85. The number of nitrogens with one attached hydrogen (secondary N) is 1. The second-order valence-electron chi connectivity index (χ2n) is 8.22. The van der Waals surface area contributed by atoms with Crippen LogP contribution in [0.4, 0.5) is 0 Å². The number of aromatic nitrogens is 2. The summed E-state index contributed by atoms with van der Waals surface area (Å²) in [6.45, 7) is 6.01. The van der Waals surface area contributed by atoms with Crippen molar-refractivity contribution in [1.29, 1.82) is 0 Å². The molecule has 162 valence electrons. The van der Waals surface area contributed by atoms with Crippen molar-refractivity contribution in [3.8, 4) is 11.5 Å². The molecular weight excluding hydrogens is 386 g/mol. The lowest BCUT2D eigenvalue weighted by Gasteiger charge is -2.16. The zero-order valence-electron chi connectivity index (χ0n) is 18.4. The van der Waals surface area contributed by atoms with Crippen LogP contribution in [-0.4, -0.2) is 48.4 Å². The van der Waals surface area contributed by atoms with Crippen molar-refractivity contribution in [2.24, 2.45) is 0 Å². The highest BCUT2D eigenvalue weighted by Crippen LogP contribution is 2.27. The summed E-state index contributed by atoms with van der Waals surface area (Å²) in [6.07, 6.45) is 4.24. The van der Waals surface area contributed by atoms with Gasteiger partial charge in [0.15, 0.2) is 0 Å². The summed E-state index contributed by atoms with van der Waals surface area (Å²) in [4.78, 5) is 2.53. The summed E-state index contributed by atoms with van der Waals surface area (Å²) in [5.74, 6) is 2.12. The van der Waals surface area contributed by atoms with Gasteiger partial charge in [-0.1, -0.05) is 48.0 Å². The lowest BCUT2D eigenvalue weighted by atomic mass is 10.0. The van der Waals surface area contributed by atoms with E-state index < -0.39 is 0 Å². The van der Waals surface area contributed by atoms with Crippen molar-refractivity contribution >= 4 is 6.08 Å². The molecule has 4 rings (SSSR count). The Morgan fingerprint density at radius 3 is 2.81 bits per heavy atom. The molecular formula is C26H31N3O2. The minimum absolute atomic E-state index is 0.494. The molecule has 1 atom stereocenters. The average molecular weight is 418 g/mol. The second-order valence-corrected chi connectivity index (χ2v) is 8.22. The van der Waals surface area contributed by atoms with Crippen LogP contribution in [0.5, 0.6) is 11.5 Å². The molecule has 1 aromatic heterocycles. The number of hydrogen-bond donors (Lipinski definition) is 1. The summed E-state index contributed by atoms with van der Waals surface area (Å²) in [5.41, 5.74) is 4.95.